The molecule has 0 aliphatic heterocycles. The van der Waals surface area contributed by atoms with E-state index in [2.05, 4.69) is 12.2 Å². The first-order valence-electron chi connectivity index (χ1n) is 7.15. The number of hydrogen-bond acceptors (Lipinski definition) is 3. The zero-order valence-corrected chi connectivity index (χ0v) is 11.9. The first-order valence-corrected chi connectivity index (χ1v) is 7.15. The Balaban J connectivity index is 1.96. The van der Waals surface area contributed by atoms with Crippen LogP contribution in [0, 0.1) is 0 Å². The minimum Gasteiger partial charge on any atom is -0.491 e. The van der Waals surface area contributed by atoms with Crippen LogP contribution in [0.25, 0.3) is 0 Å². The Morgan fingerprint density at radius 3 is 2.86 bits per heavy atom. The Labute approximate surface area is 122 Å². The van der Waals surface area contributed by atoms with Gasteiger partial charge in [0.25, 0.3) is 0 Å². The average Bonchev–Trinajstić information content (AvgIpc) is 2.83. The zero-order chi connectivity index (χ0) is 15.5. The van der Waals surface area contributed by atoms with Crippen LogP contribution in [-0.2, 0) is 6.42 Å². The Bertz CT molecular complexity index is 476. The Kier molecular flexibility index (Phi) is 5.11. The molecule has 0 aromatic heterocycles. The summed E-state index contributed by atoms with van der Waals surface area (Å²) < 4.78 is 41.7. The first-order chi connectivity index (χ1) is 9.91. The molecular weight excluding hydrogens is 283 g/mol. The third-order valence-corrected chi connectivity index (χ3v) is 3.62. The van der Waals surface area contributed by atoms with Crippen LogP contribution in [0.15, 0.2) is 18.2 Å². The molecular formula is C15H20F3NO2. The monoisotopic (exact) mass is 303 g/mol. The van der Waals surface area contributed by atoms with Crippen molar-refractivity contribution in [2.24, 2.45) is 0 Å². The summed E-state index contributed by atoms with van der Waals surface area (Å²) in [6.07, 6.45) is -4.17. The van der Waals surface area contributed by atoms with E-state index in [-0.39, 0.29) is 0 Å². The Hall–Kier alpha value is -1.27. The summed E-state index contributed by atoms with van der Waals surface area (Å²) in [6, 6.07) is 5.64. The largest absolute Gasteiger partial charge is 0.491 e. The summed E-state index contributed by atoms with van der Waals surface area (Å²) in [5.41, 5.74) is 2.29. The van der Waals surface area contributed by atoms with Gasteiger partial charge < -0.3 is 15.2 Å². The molecule has 0 saturated heterocycles. The maximum absolute atomic E-state index is 12.2. The van der Waals surface area contributed by atoms with Crippen molar-refractivity contribution in [3.63, 3.8) is 0 Å². The smallest absolute Gasteiger partial charge is 0.417 e. The molecule has 1 aromatic rings. The number of ether oxygens (including phenoxy) is 1. The topological polar surface area (TPSA) is 41.5 Å². The lowest BCUT2D eigenvalue weighted by Gasteiger charge is -2.16. The summed E-state index contributed by atoms with van der Waals surface area (Å²) in [6.45, 7) is 2.27. The lowest BCUT2D eigenvalue weighted by molar-refractivity contribution is -0.210. The van der Waals surface area contributed by atoms with E-state index in [1.54, 1.807) is 12.1 Å². The second-order valence-electron chi connectivity index (χ2n) is 5.27. The zero-order valence-electron chi connectivity index (χ0n) is 11.9. The molecule has 1 aliphatic carbocycles. The molecule has 0 spiro atoms. The number of rotatable bonds is 6. The number of halogens is 3. The number of aryl methyl sites for hydroxylation is 1. The lowest BCUT2D eigenvalue weighted by Crippen LogP contribution is -2.34. The van der Waals surface area contributed by atoms with Gasteiger partial charge >= 0.3 is 6.18 Å². The van der Waals surface area contributed by atoms with Gasteiger partial charge in [0, 0.05) is 6.04 Å². The van der Waals surface area contributed by atoms with Gasteiger partial charge in [0.15, 0.2) is 6.10 Å². The molecule has 3 nitrogen and oxygen atoms in total. The average molecular weight is 303 g/mol. The molecule has 21 heavy (non-hydrogen) atoms. The van der Waals surface area contributed by atoms with Crippen molar-refractivity contribution in [3.05, 3.63) is 29.3 Å². The lowest BCUT2D eigenvalue weighted by atomic mass is 10.1. The van der Waals surface area contributed by atoms with Crippen molar-refractivity contribution in [2.45, 2.75) is 44.5 Å². The third-order valence-electron chi connectivity index (χ3n) is 3.62. The predicted molar refractivity (Wildman–Crippen MR) is 73.4 cm³/mol. The fraction of sp³-hybridized carbons (Fsp3) is 0.600. The van der Waals surface area contributed by atoms with Crippen molar-refractivity contribution in [1.29, 1.82) is 0 Å². The molecule has 0 bridgehead atoms. The van der Waals surface area contributed by atoms with Crippen LogP contribution in [0.3, 0.4) is 0 Å². The third kappa shape index (κ3) is 4.11. The molecule has 0 amide bonds. The van der Waals surface area contributed by atoms with Crippen molar-refractivity contribution < 1.29 is 23.0 Å². The predicted octanol–water partition coefficient (Wildman–Crippen LogP) is 2.98. The number of alkyl halides is 3. The van der Waals surface area contributed by atoms with Gasteiger partial charge in [0.2, 0.25) is 0 Å². The maximum Gasteiger partial charge on any atom is 0.417 e. The first kappa shape index (κ1) is 16.1. The van der Waals surface area contributed by atoms with E-state index in [0.717, 1.165) is 31.4 Å². The summed E-state index contributed by atoms with van der Waals surface area (Å²) >= 11 is 0. The Morgan fingerprint density at radius 1 is 1.43 bits per heavy atom. The van der Waals surface area contributed by atoms with Crippen LogP contribution in [-0.4, -0.2) is 30.5 Å². The molecule has 1 aromatic carbocycles. The van der Waals surface area contributed by atoms with E-state index in [0.29, 0.717) is 11.8 Å². The van der Waals surface area contributed by atoms with Crippen molar-refractivity contribution in [3.8, 4) is 5.75 Å². The quantitative estimate of drug-likeness (QED) is 0.849. The molecule has 0 radical (unpaired) electrons. The fourth-order valence-electron chi connectivity index (χ4n) is 2.48. The van der Waals surface area contributed by atoms with Crippen LogP contribution in [0.2, 0.25) is 0 Å². The van der Waals surface area contributed by atoms with Gasteiger partial charge in [-0.25, -0.2) is 0 Å². The molecule has 2 atom stereocenters. The van der Waals surface area contributed by atoms with Gasteiger partial charge in [-0.2, -0.15) is 13.2 Å². The van der Waals surface area contributed by atoms with Gasteiger partial charge in [-0.05, 0) is 49.1 Å². The summed E-state index contributed by atoms with van der Waals surface area (Å²) in [4.78, 5) is 0. The van der Waals surface area contributed by atoms with Crippen LogP contribution < -0.4 is 10.1 Å². The second kappa shape index (κ2) is 6.66. The van der Waals surface area contributed by atoms with Crippen molar-refractivity contribution >= 4 is 0 Å². The van der Waals surface area contributed by atoms with Crippen LogP contribution >= 0.6 is 0 Å². The minimum absolute atomic E-state index is 0.315. The molecule has 2 rings (SSSR count). The molecule has 0 fully saturated rings. The maximum atomic E-state index is 12.2. The summed E-state index contributed by atoms with van der Waals surface area (Å²) in [7, 11) is 0. The van der Waals surface area contributed by atoms with Crippen LogP contribution in [0.4, 0.5) is 13.2 Å². The van der Waals surface area contributed by atoms with Gasteiger partial charge in [-0.15, -0.1) is 0 Å². The standard InChI is InChI=1S/C15H20F3NO2/c1-2-7-19-13-6-3-10-8-11(4-5-12(10)13)21-9-14(20)15(16,17)18/h4-5,8,13-14,19-20H,2-3,6-7,9H2,1H3. The van der Waals surface area contributed by atoms with E-state index in [4.69, 9.17) is 9.84 Å². The van der Waals surface area contributed by atoms with E-state index in [1.165, 1.54) is 5.56 Å². The van der Waals surface area contributed by atoms with E-state index in [1.807, 2.05) is 6.07 Å². The van der Waals surface area contributed by atoms with Crippen LogP contribution in [0.1, 0.15) is 36.9 Å². The molecule has 6 heteroatoms. The van der Waals surface area contributed by atoms with Gasteiger partial charge in [-0.1, -0.05) is 13.0 Å². The molecule has 118 valence electrons. The minimum atomic E-state index is -4.65. The second-order valence-corrected chi connectivity index (χ2v) is 5.27. The number of fused-ring (bicyclic) bond motifs is 1. The summed E-state index contributed by atoms with van der Waals surface area (Å²) in [5.74, 6) is 0.369. The van der Waals surface area contributed by atoms with E-state index < -0.39 is 18.9 Å². The highest BCUT2D eigenvalue weighted by Crippen LogP contribution is 2.33. The van der Waals surface area contributed by atoms with Gasteiger partial charge in [-0.3, -0.25) is 0 Å². The number of benzene rings is 1. The van der Waals surface area contributed by atoms with Gasteiger partial charge in [0.05, 0.1) is 0 Å². The van der Waals surface area contributed by atoms with Gasteiger partial charge in [0.1, 0.15) is 12.4 Å². The number of aliphatic hydroxyl groups excluding tert-OH is 1. The number of nitrogens with one attached hydrogen (secondary N) is 1. The normalized spacial score (nSPS) is 19.4. The molecule has 0 saturated carbocycles. The Morgan fingerprint density at radius 2 is 2.19 bits per heavy atom. The molecule has 0 heterocycles. The molecule has 2 unspecified atom stereocenters. The van der Waals surface area contributed by atoms with Crippen LogP contribution in [0.5, 0.6) is 5.75 Å². The van der Waals surface area contributed by atoms with E-state index >= 15 is 0 Å². The summed E-state index contributed by atoms with van der Waals surface area (Å²) in [5, 5.41) is 12.4. The van der Waals surface area contributed by atoms with Crippen molar-refractivity contribution in [2.75, 3.05) is 13.2 Å². The number of aliphatic hydroxyl groups is 1. The number of hydrogen-bond donors (Lipinski definition) is 2. The SMILES string of the molecule is CCCNC1CCc2cc(OCC(O)C(F)(F)F)ccc21. The molecule has 1 aliphatic rings. The van der Waals surface area contributed by atoms with Crippen molar-refractivity contribution in [1.82, 2.24) is 5.32 Å². The highest BCUT2D eigenvalue weighted by molar-refractivity contribution is 5.40. The highest BCUT2D eigenvalue weighted by Gasteiger charge is 2.38. The molecule has 2 N–H and O–H groups in total. The fourth-order valence-corrected chi connectivity index (χ4v) is 2.48. The highest BCUT2D eigenvalue weighted by atomic mass is 19.4. The van der Waals surface area contributed by atoms with E-state index in [9.17, 15) is 13.2 Å².